The highest BCUT2D eigenvalue weighted by atomic mass is 35.5. The minimum atomic E-state index is -0.163. The normalized spacial score (nSPS) is 26.1. The maximum Gasteiger partial charge on any atom is 0.322 e. The van der Waals surface area contributed by atoms with Gasteiger partial charge in [0.15, 0.2) is 5.16 Å². The number of halogens is 2. The fraction of sp³-hybridized carbons (Fsp3) is 0.571. The van der Waals surface area contributed by atoms with E-state index in [1.807, 2.05) is 17.9 Å². The molecule has 1 aromatic heterocycles. The largest absolute Gasteiger partial charge is 0.353 e. The molecule has 3 heterocycles. The zero-order valence-corrected chi connectivity index (χ0v) is 25.2. The molecule has 1 aromatic carbocycles. The second-order valence-corrected chi connectivity index (χ2v) is 14.1. The first kappa shape index (κ1) is 28.3. The summed E-state index contributed by atoms with van der Waals surface area (Å²) >= 11 is 13.8. The molecule has 8 nitrogen and oxygen atoms in total. The van der Waals surface area contributed by atoms with Gasteiger partial charge in [0.25, 0.3) is 0 Å². The molecule has 2 aromatic rings. The molecule has 2 bridgehead atoms. The van der Waals surface area contributed by atoms with E-state index in [0.29, 0.717) is 58.3 Å². The fourth-order valence-electron chi connectivity index (χ4n) is 6.80. The van der Waals surface area contributed by atoms with Crippen molar-refractivity contribution in [1.29, 1.82) is 0 Å². The lowest BCUT2D eigenvalue weighted by molar-refractivity contribution is -0.129. The number of likely N-dealkylation sites (tertiary alicyclic amines) is 1. The van der Waals surface area contributed by atoms with Crippen LogP contribution in [0.3, 0.4) is 0 Å². The molecule has 5 rings (SSSR count). The standard InChI is InChI=1S/C28H36Cl2N6O2S/c1-18-14-34(8-9-35(18)26(38)31-20-7-5-6-19(29)10-20)23-11-22(30)32-25(33-23)39-15-24(37)36-17-28(4)13-21(36)12-27(2,3)16-28/h5-7,10-11,18,21H,8-9,12-17H2,1-4H3,(H,31,38). The van der Waals surface area contributed by atoms with Crippen LogP contribution in [0.2, 0.25) is 10.2 Å². The summed E-state index contributed by atoms with van der Waals surface area (Å²) < 4.78 is 0. The molecule has 3 atom stereocenters. The molecular weight excluding hydrogens is 555 g/mol. The van der Waals surface area contributed by atoms with Crippen molar-refractivity contribution >= 4 is 58.4 Å². The van der Waals surface area contributed by atoms with Gasteiger partial charge in [-0.2, -0.15) is 0 Å². The summed E-state index contributed by atoms with van der Waals surface area (Å²) in [6.45, 7) is 11.5. The highest BCUT2D eigenvalue weighted by Crippen LogP contribution is 2.52. The Morgan fingerprint density at radius 1 is 1.10 bits per heavy atom. The highest BCUT2D eigenvalue weighted by molar-refractivity contribution is 7.99. The second-order valence-electron chi connectivity index (χ2n) is 12.3. The summed E-state index contributed by atoms with van der Waals surface area (Å²) in [7, 11) is 0. The molecule has 210 valence electrons. The van der Waals surface area contributed by atoms with Crippen molar-refractivity contribution in [1.82, 2.24) is 19.8 Å². The number of aromatic nitrogens is 2. The maximum absolute atomic E-state index is 13.2. The summed E-state index contributed by atoms with van der Waals surface area (Å²) in [6.07, 6.45) is 3.30. The Morgan fingerprint density at radius 2 is 1.90 bits per heavy atom. The number of carbonyl (C=O) groups is 2. The van der Waals surface area contributed by atoms with Gasteiger partial charge in [-0.05, 0) is 55.2 Å². The zero-order valence-electron chi connectivity index (χ0n) is 22.9. The number of amides is 3. The Labute approximate surface area is 244 Å². The summed E-state index contributed by atoms with van der Waals surface area (Å²) in [5, 5.41) is 4.33. The Bertz CT molecular complexity index is 1260. The van der Waals surface area contributed by atoms with E-state index in [2.05, 4.69) is 40.9 Å². The van der Waals surface area contributed by atoms with Crippen LogP contribution in [0.1, 0.15) is 47.0 Å². The second kappa shape index (κ2) is 11.0. The van der Waals surface area contributed by atoms with E-state index in [0.717, 1.165) is 25.8 Å². The van der Waals surface area contributed by atoms with Crippen LogP contribution in [0.5, 0.6) is 0 Å². The van der Waals surface area contributed by atoms with Gasteiger partial charge in [-0.1, -0.05) is 61.8 Å². The Balaban J connectivity index is 1.19. The van der Waals surface area contributed by atoms with E-state index in [-0.39, 0.29) is 28.8 Å². The van der Waals surface area contributed by atoms with Crippen LogP contribution in [-0.4, -0.2) is 75.7 Å². The van der Waals surface area contributed by atoms with Crippen LogP contribution in [0, 0.1) is 10.8 Å². The average Bonchev–Trinajstić information content (AvgIpc) is 3.10. The number of nitrogens with zero attached hydrogens (tertiary/aromatic N) is 5. The van der Waals surface area contributed by atoms with Crippen LogP contribution < -0.4 is 10.2 Å². The molecule has 2 aliphatic heterocycles. The van der Waals surface area contributed by atoms with E-state index in [4.69, 9.17) is 28.2 Å². The van der Waals surface area contributed by atoms with Crippen LogP contribution in [0.25, 0.3) is 0 Å². The monoisotopic (exact) mass is 590 g/mol. The summed E-state index contributed by atoms with van der Waals surface area (Å²) in [6, 6.07) is 8.96. The summed E-state index contributed by atoms with van der Waals surface area (Å²) in [4.78, 5) is 41.2. The number of fused-ring (bicyclic) bond motifs is 2. The van der Waals surface area contributed by atoms with Crippen molar-refractivity contribution in [2.45, 2.75) is 64.2 Å². The smallest absolute Gasteiger partial charge is 0.322 e. The number of anilines is 2. The van der Waals surface area contributed by atoms with Gasteiger partial charge in [0.2, 0.25) is 5.91 Å². The van der Waals surface area contributed by atoms with E-state index in [1.165, 1.54) is 11.8 Å². The molecule has 2 saturated heterocycles. The minimum absolute atomic E-state index is 0.0514. The first-order valence-electron chi connectivity index (χ1n) is 13.4. The van der Waals surface area contributed by atoms with Gasteiger partial charge in [-0.3, -0.25) is 4.79 Å². The molecule has 11 heteroatoms. The molecule has 1 N–H and O–H groups in total. The molecular formula is C28H36Cl2N6O2S. The molecule has 0 radical (unpaired) electrons. The molecule has 1 aliphatic carbocycles. The molecule has 3 fully saturated rings. The maximum atomic E-state index is 13.2. The molecule has 1 saturated carbocycles. The molecule has 39 heavy (non-hydrogen) atoms. The van der Waals surface area contributed by atoms with Gasteiger partial charge in [-0.25, -0.2) is 14.8 Å². The third-order valence-electron chi connectivity index (χ3n) is 8.01. The summed E-state index contributed by atoms with van der Waals surface area (Å²) in [5.41, 5.74) is 1.13. The number of hydrogen-bond acceptors (Lipinski definition) is 6. The number of benzene rings is 1. The van der Waals surface area contributed by atoms with Gasteiger partial charge < -0.3 is 20.0 Å². The van der Waals surface area contributed by atoms with Gasteiger partial charge in [0.1, 0.15) is 11.0 Å². The predicted molar refractivity (Wildman–Crippen MR) is 158 cm³/mol. The van der Waals surface area contributed by atoms with Crippen molar-refractivity contribution in [2.24, 2.45) is 10.8 Å². The number of piperazine rings is 1. The zero-order chi connectivity index (χ0) is 27.9. The van der Waals surface area contributed by atoms with Gasteiger partial charge >= 0.3 is 6.03 Å². The van der Waals surface area contributed by atoms with Crippen molar-refractivity contribution in [3.05, 3.63) is 40.5 Å². The van der Waals surface area contributed by atoms with Crippen LogP contribution in [0.4, 0.5) is 16.3 Å². The van der Waals surface area contributed by atoms with Crippen molar-refractivity contribution in [3.8, 4) is 0 Å². The van der Waals surface area contributed by atoms with Crippen LogP contribution in [-0.2, 0) is 4.79 Å². The lowest BCUT2D eigenvalue weighted by atomic mass is 9.65. The molecule has 3 aliphatic rings. The average molecular weight is 592 g/mol. The SMILES string of the molecule is CC1CN(c2cc(Cl)nc(SCC(=O)N3CC4(C)CC3CC(C)(C)C4)n2)CCN1C(=O)Nc1cccc(Cl)c1. The van der Waals surface area contributed by atoms with E-state index < -0.39 is 0 Å². The number of hydrogen-bond donors (Lipinski definition) is 1. The van der Waals surface area contributed by atoms with E-state index in [9.17, 15) is 9.59 Å². The third-order valence-corrected chi connectivity index (χ3v) is 9.27. The number of thioether (sulfide) groups is 1. The molecule has 0 spiro atoms. The number of carbonyl (C=O) groups excluding carboxylic acids is 2. The summed E-state index contributed by atoms with van der Waals surface area (Å²) in [5.74, 6) is 1.14. The lowest BCUT2D eigenvalue weighted by Gasteiger charge is -2.40. The van der Waals surface area contributed by atoms with Gasteiger partial charge in [0, 0.05) is 55.0 Å². The van der Waals surface area contributed by atoms with Gasteiger partial charge in [-0.15, -0.1) is 0 Å². The molecule has 3 unspecified atom stereocenters. The number of rotatable bonds is 5. The minimum Gasteiger partial charge on any atom is -0.353 e. The lowest BCUT2D eigenvalue weighted by Crippen LogP contribution is -2.55. The number of urea groups is 1. The third kappa shape index (κ3) is 6.57. The van der Waals surface area contributed by atoms with E-state index >= 15 is 0 Å². The van der Waals surface area contributed by atoms with Crippen molar-refractivity contribution in [2.75, 3.05) is 42.1 Å². The van der Waals surface area contributed by atoms with Crippen molar-refractivity contribution < 1.29 is 9.59 Å². The Kier molecular flexibility index (Phi) is 7.97. The Hall–Kier alpha value is -2.23. The van der Waals surface area contributed by atoms with Crippen LogP contribution in [0.15, 0.2) is 35.5 Å². The topological polar surface area (TPSA) is 81.7 Å². The van der Waals surface area contributed by atoms with Crippen molar-refractivity contribution in [3.63, 3.8) is 0 Å². The predicted octanol–water partition coefficient (Wildman–Crippen LogP) is 6.05. The number of nitrogens with one attached hydrogen (secondary N) is 1. The van der Waals surface area contributed by atoms with E-state index in [1.54, 1.807) is 24.3 Å². The van der Waals surface area contributed by atoms with Crippen LogP contribution >= 0.6 is 35.0 Å². The first-order chi connectivity index (χ1) is 18.4. The Morgan fingerprint density at radius 3 is 2.64 bits per heavy atom. The fourth-order valence-corrected chi connectivity index (χ4v) is 7.96. The quantitative estimate of drug-likeness (QED) is 0.259. The first-order valence-corrected chi connectivity index (χ1v) is 15.2. The van der Waals surface area contributed by atoms with Gasteiger partial charge in [0.05, 0.1) is 5.75 Å². The molecule has 3 amide bonds. The highest BCUT2D eigenvalue weighted by Gasteiger charge is 2.50.